The summed E-state index contributed by atoms with van der Waals surface area (Å²) in [5.41, 5.74) is 2.90. The van der Waals surface area contributed by atoms with Gasteiger partial charge in [-0.25, -0.2) is 0 Å². The summed E-state index contributed by atoms with van der Waals surface area (Å²) >= 11 is 0. The normalized spacial score (nSPS) is 23.0. The van der Waals surface area contributed by atoms with E-state index in [1.807, 2.05) is 0 Å². The maximum Gasteiger partial charge on any atom is 0.222 e. The van der Waals surface area contributed by atoms with E-state index in [4.69, 9.17) is 0 Å². The van der Waals surface area contributed by atoms with Crippen LogP contribution < -0.4 is 0 Å². The molecule has 0 atom stereocenters. The minimum absolute atomic E-state index is 0.425. The van der Waals surface area contributed by atoms with Crippen molar-refractivity contribution < 1.29 is 4.79 Å². The molecule has 0 unspecified atom stereocenters. The molecule has 30 heavy (non-hydrogen) atoms. The zero-order chi connectivity index (χ0) is 20.8. The van der Waals surface area contributed by atoms with E-state index in [1.165, 1.54) is 88.7 Å². The number of amides is 1. The van der Waals surface area contributed by atoms with Crippen LogP contribution in [0, 0.1) is 11.8 Å². The zero-order valence-corrected chi connectivity index (χ0v) is 19.0. The Balaban J connectivity index is 1.18. The van der Waals surface area contributed by atoms with E-state index < -0.39 is 0 Å². The second-order valence-electron chi connectivity index (χ2n) is 10.1. The molecule has 0 radical (unpaired) electrons. The Kier molecular flexibility index (Phi) is 7.83. The average molecular weight is 412 g/mol. The molecule has 0 N–H and O–H groups in total. The molecule has 166 valence electrons. The Labute approximate surface area is 183 Å². The molecule has 0 spiro atoms. The molecule has 1 aromatic rings. The number of hydrogen-bond donors (Lipinski definition) is 0. The molecule has 1 aliphatic carbocycles. The van der Waals surface area contributed by atoms with Crippen LogP contribution in [0.3, 0.4) is 0 Å². The van der Waals surface area contributed by atoms with Crippen molar-refractivity contribution in [2.45, 2.75) is 64.3 Å². The van der Waals surface area contributed by atoms with E-state index in [-0.39, 0.29) is 0 Å². The second-order valence-corrected chi connectivity index (χ2v) is 10.1. The number of carbonyl (C=O) groups excluding carboxylic acids is 1. The van der Waals surface area contributed by atoms with Gasteiger partial charge in [0.15, 0.2) is 0 Å². The highest BCUT2D eigenvalue weighted by Gasteiger charge is 2.25. The summed E-state index contributed by atoms with van der Waals surface area (Å²) in [6, 6.07) is 9.34. The van der Waals surface area contributed by atoms with Crippen LogP contribution in [0.15, 0.2) is 24.3 Å². The summed E-state index contributed by atoms with van der Waals surface area (Å²) in [5, 5.41) is 0. The number of nitrogens with zero attached hydrogens (tertiary/aromatic N) is 3. The molecule has 3 aliphatic rings. The average Bonchev–Trinajstić information content (AvgIpc) is 2.78. The predicted molar refractivity (Wildman–Crippen MR) is 123 cm³/mol. The van der Waals surface area contributed by atoms with Gasteiger partial charge in [-0.3, -0.25) is 9.69 Å². The van der Waals surface area contributed by atoms with Gasteiger partial charge < -0.3 is 9.80 Å². The Morgan fingerprint density at radius 3 is 2.10 bits per heavy atom. The molecule has 0 aromatic heterocycles. The zero-order valence-electron chi connectivity index (χ0n) is 19.0. The lowest BCUT2D eigenvalue weighted by Crippen LogP contribution is -2.43. The summed E-state index contributed by atoms with van der Waals surface area (Å²) in [6.45, 7) is 7.73. The molecule has 4 heteroatoms. The SMILES string of the molecule is CN1CCN(Cc2ccc(CC3CCN(C(=O)CC4CCCCC4)CC3)cc2)CC1. The van der Waals surface area contributed by atoms with Crippen LogP contribution in [-0.2, 0) is 17.8 Å². The van der Waals surface area contributed by atoms with Crippen LogP contribution >= 0.6 is 0 Å². The lowest BCUT2D eigenvalue weighted by molar-refractivity contribution is -0.133. The third kappa shape index (κ3) is 6.31. The quantitative estimate of drug-likeness (QED) is 0.702. The summed E-state index contributed by atoms with van der Waals surface area (Å²) in [5.74, 6) is 1.81. The first-order valence-corrected chi connectivity index (χ1v) is 12.4. The molecule has 0 bridgehead atoms. The number of carbonyl (C=O) groups is 1. The number of benzene rings is 1. The molecule has 1 saturated carbocycles. The molecular weight excluding hydrogens is 370 g/mol. The number of likely N-dealkylation sites (tertiary alicyclic amines) is 1. The van der Waals surface area contributed by atoms with E-state index in [9.17, 15) is 4.79 Å². The molecule has 3 fully saturated rings. The van der Waals surface area contributed by atoms with Gasteiger partial charge in [0.25, 0.3) is 0 Å². The topological polar surface area (TPSA) is 26.8 Å². The Hall–Kier alpha value is -1.39. The number of hydrogen-bond acceptors (Lipinski definition) is 3. The lowest BCUT2D eigenvalue weighted by atomic mass is 9.86. The molecule has 1 amide bonds. The summed E-state index contributed by atoms with van der Waals surface area (Å²) < 4.78 is 0. The predicted octanol–water partition coefficient (Wildman–Crippen LogP) is 4.19. The molecule has 4 rings (SSSR count). The summed E-state index contributed by atoms with van der Waals surface area (Å²) in [7, 11) is 2.21. The first-order chi connectivity index (χ1) is 14.7. The fourth-order valence-electron chi connectivity index (χ4n) is 5.53. The molecule has 1 aromatic carbocycles. The number of piperazine rings is 1. The van der Waals surface area contributed by atoms with Gasteiger partial charge in [0, 0.05) is 52.2 Å². The van der Waals surface area contributed by atoms with Crippen molar-refractivity contribution in [3.8, 4) is 0 Å². The van der Waals surface area contributed by atoms with Gasteiger partial charge in [0.05, 0.1) is 0 Å². The van der Waals surface area contributed by atoms with Gasteiger partial charge >= 0.3 is 0 Å². The molecule has 2 saturated heterocycles. The van der Waals surface area contributed by atoms with Crippen molar-refractivity contribution in [1.82, 2.24) is 14.7 Å². The van der Waals surface area contributed by atoms with Crippen LogP contribution in [0.2, 0.25) is 0 Å². The van der Waals surface area contributed by atoms with Crippen LogP contribution in [0.25, 0.3) is 0 Å². The number of piperidine rings is 1. The fraction of sp³-hybridized carbons (Fsp3) is 0.731. The first-order valence-electron chi connectivity index (χ1n) is 12.4. The first kappa shape index (κ1) is 21.8. The van der Waals surface area contributed by atoms with Crippen molar-refractivity contribution in [3.05, 3.63) is 35.4 Å². The van der Waals surface area contributed by atoms with Gasteiger partial charge in [-0.2, -0.15) is 0 Å². The maximum atomic E-state index is 12.7. The second kappa shape index (κ2) is 10.8. The van der Waals surface area contributed by atoms with Crippen LogP contribution in [0.4, 0.5) is 0 Å². The van der Waals surface area contributed by atoms with E-state index in [1.54, 1.807) is 0 Å². The van der Waals surface area contributed by atoms with E-state index in [2.05, 4.69) is 46.0 Å². The monoisotopic (exact) mass is 411 g/mol. The highest BCUT2D eigenvalue weighted by molar-refractivity contribution is 5.76. The van der Waals surface area contributed by atoms with Crippen LogP contribution in [0.1, 0.15) is 62.5 Å². The van der Waals surface area contributed by atoms with Crippen molar-refractivity contribution in [2.75, 3.05) is 46.3 Å². The lowest BCUT2D eigenvalue weighted by Gasteiger charge is -2.33. The van der Waals surface area contributed by atoms with Gasteiger partial charge in [0.2, 0.25) is 5.91 Å². The summed E-state index contributed by atoms with van der Waals surface area (Å²) in [4.78, 5) is 19.8. The maximum absolute atomic E-state index is 12.7. The van der Waals surface area contributed by atoms with E-state index in [0.29, 0.717) is 11.8 Å². The Morgan fingerprint density at radius 1 is 0.800 bits per heavy atom. The van der Waals surface area contributed by atoms with Gasteiger partial charge in [-0.05, 0) is 62.1 Å². The van der Waals surface area contributed by atoms with Gasteiger partial charge in [-0.1, -0.05) is 43.5 Å². The molecular formula is C26H41N3O. The fourth-order valence-corrected chi connectivity index (χ4v) is 5.53. The van der Waals surface area contributed by atoms with Crippen molar-refractivity contribution in [3.63, 3.8) is 0 Å². The van der Waals surface area contributed by atoms with Crippen molar-refractivity contribution in [1.29, 1.82) is 0 Å². The van der Waals surface area contributed by atoms with Gasteiger partial charge in [0.1, 0.15) is 0 Å². The van der Waals surface area contributed by atoms with E-state index >= 15 is 0 Å². The molecule has 2 aliphatic heterocycles. The third-order valence-corrected chi connectivity index (χ3v) is 7.70. The number of likely N-dealkylation sites (N-methyl/N-ethyl adjacent to an activating group) is 1. The highest BCUT2D eigenvalue weighted by atomic mass is 16.2. The minimum atomic E-state index is 0.425. The summed E-state index contributed by atoms with van der Waals surface area (Å²) in [6.07, 6.45) is 10.9. The Morgan fingerprint density at radius 2 is 1.43 bits per heavy atom. The largest absolute Gasteiger partial charge is 0.343 e. The smallest absolute Gasteiger partial charge is 0.222 e. The highest BCUT2D eigenvalue weighted by Crippen LogP contribution is 2.28. The van der Waals surface area contributed by atoms with Crippen LogP contribution in [-0.4, -0.2) is 66.9 Å². The van der Waals surface area contributed by atoms with Crippen molar-refractivity contribution >= 4 is 5.91 Å². The van der Waals surface area contributed by atoms with E-state index in [0.717, 1.165) is 32.0 Å². The number of rotatable bonds is 6. The van der Waals surface area contributed by atoms with Crippen molar-refractivity contribution in [2.24, 2.45) is 11.8 Å². The van der Waals surface area contributed by atoms with Crippen LogP contribution in [0.5, 0.6) is 0 Å². The minimum Gasteiger partial charge on any atom is -0.343 e. The van der Waals surface area contributed by atoms with Gasteiger partial charge in [-0.15, -0.1) is 0 Å². The molecule has 2 heterocycles. The Bertz CT molecular complexity index is 651. The molecule has 4 nitrogen and oxygen atoms in total. The standard InChI is InChI=1S/C26H41N3O/c1-27-15-17-28(18-16-27)21-25-9-7-23(8-10-25)19-24-11-13-29(14-12-24)26(30)20-22-5-3-2-4-6-22/h7-10,22,24H,2-6,11-21H2,1H3. The third-order valence-electron chi connectivity index (χ3n) is 7.70.